The van der Waals surface area contributed by atoms with Gasteiger partial charge in [0.1, 0.15) is 17.6 Å². The topological polar surface area (TPSA) is 117 Å². The molecule has 258 valence electrons. The van der Waals surface area contributed by atoms with Crippen LogP contribution in [0.4, 0.5) is 0 Å². The second-order valence-electron chi connectivity index (χ2n) is 13.5. The SMILES string of the molecule is CCCCCCCCCCCCCCCC(=O)OC1C(SC)OC(CC(C)CNC(=O)C2CC(CCC)CCN2)C(O)C1O. The fraction of sp³-hybridized carbons (Fsp3) is 0.943. The van der Waals surface area contributed by atoms with E-state index < -0.39 is 29.9 Å². The molecule has 8 atom stereocenters. The Morgan fingerprint density at radius 2 is 1.55 bits per heavy atom. The van der Waals surface area contributed by atoms with E-state index in [1.165, 1.54) is 76.0 Å². The first-order valence-corrected chi connectivity index (χ1v) is 19.3. The largest absolute Gasteiger partial charge is 0.456 e. The van der Waals surface area contributed by atoms with Crippen molar-refractivity contribution in [2.45, 2.75) is 179 Å². The molecule has 8 unspecified atom stereocenters. The lowest BCUT2D eigenvalue weighted by Gasteiger charge is -2.42. The van der Waals surface area contributed by atoms with Gasteiger partial charge in [-0.2, -0.15) is 0 Å². The third-order valence-electron chi connectivity index (χ3n) is 9.41. The van der Waals surface area contributed by atoms with Crippen LogP contribution in [0.1, 0.15) is 143 Å². The number of aliphatic hydroxyl groups excluding tert-OH is 2. The van der Waals surface area contributed by atoms with E-state index in [2.05, 4.69) is 24.5 Å². The molecule has 0 radical (unpaired) electrons. The average Bonchev–Trinajstić information content (AvgIpc) is 3.02. The molecule has 2 rings (SSSR count). The number of nitrogens with one attached hydrogen (secondary N) is 2. The van der Waals surface area contributed by atoms with E-state index in [4.69, 9.17) is 9.47 Å². The van der Waals surface area contributed by atoms with Crippen molar-refractivity contribution in [3.8, 4) is 0 Å². The van der Waals surface area contributed by atoms with E-state index in [0.717, 1.165) is 51.5 Å². The highest BCUT2D eigenvalue weighted by molar-refractivity contribution is 7.99. The number of amides is 1. The smallest absolute Gasteiger partial charge is 0.306 e. The Morgan fingerprint density at radius 3 is 2.14 bits per heavy atom. The van der Waals surface area contributed by atoms with Crippen molar-refractivity contribution in [1.82, 2.24) is 10.6 Å². The number of thioether (sulfide) groups is 1. The van der Waals surface area contributed by atoms with Crippen LogP contribution in [0.3, 0.4) is 0 Å². The first kappa shape index (κ1) is 39.3. The molecule has 0 aromatic rings. The lowest BCUT2D eigenvalue weighted by Crippen LogP contribution is -2.58. The number of esters is 1. The highest BCUT2D eigenvalue weighted by Gasteiger charge is 2.46. The minimum absolute atomic E-state index is 0.0280. The number of unbranched alkanes of at least 4 members (excludes halogenated alkanes) is 12. The summed E-state index contributed by atoms with van der Waals surface area (Å²) in [5, 5.41) is 28.2. The Balaban J connectivity index is 1.63. The molecule has 2 aliphatic rings. The molecule has 0 aromatic heterocycles. The Kier molecular flexibility index (Phi) is 20.9. The summed E-state index contributed by atoms with van der Waals surface area (Å²) >= 11 is 1.37. The maximum absolute atomic E-state index is 12.8. The first-order chi connectivity index (χ1) is 21.3. The molecule has 0 spiro atoms. The van der Waals surface area contributed by atoms with Gasteiger partial charge in [0.05, 0.1) is 12.1 Å². The molecule has 2 saturated heterocycles. The summed E-state index contributed by atoms with van der Waals surface area (Å²) in [6.45, 7) is 7.80. The van der Waals surface area contributed by atoms with Crippen LogP contribution in [-0.2, 0) is 19.1 Å². The summed E-state index contributed by atoms with van der Waals surface area (Å²) < 4.78 is 11.8. The van der Waals surface area contributed by atoms with Gasteiger partial charge in [-0.3, -0.25) is 9.59 Å². The molecule has 4 N–H and O–H groups in total. The van der Waals surface area contributed by atoms with E-state index in [1.807, 2.05) is 13.2 Å². The van der Waals surface area contributed by atoms with Crippen molar-refractivity contribution >= 4 is 23.6 Å². The predicted octanol–water partition coefficient (Wildman–Crippen LogP) is 6.50. The Bertz CT molecular complexity index is 770. The minimum atomic E-state index is -1.22. The van der Waals surface area contributed by atoms with Gasteiger partial charge < -0.3 is 30.3 Å². The molecule has 0 saturated carbocycles. The number of rotatable bonds is 23. The molecule has 2 heterocycles. The number of hydrogen-bond acceptors (Lipinski definition) is 8. The van der Waals surface area contributed by atoms with Gasteiger partial charge >= 0.3 is 5.97 Å². The van der Waals surface area contributed by atoms with Gasteiger partial charge in [-0.05, 0) is 50.3 Å². The second-order valence-corrected chi connectivity index (χ2v) is 14.4. The molecule has 8 nitrogen and oxygen atoms in total. The minimum Gasteiger partial charge on any atom is -0.456 e. The summed E-state index contributed by atoms with van der Waals surface area (Å²) in [5.41, 5.74) is -0.558. The van der Waals surface area contributed by atoms with Gasteiger partial charge in [0, 0.05) is 13.0 Å². The Morgan fingerprint density at radius 1 is 0.932 bits per heavy atom. The van der Waals surface area contributed by atoms with Crippen LogP contribution < -0.4 is 10.6 Å². The normalized spacial score (nSPS) is 28.0. The van der Waals surface area contributed by atoms with Crippen LogP contribution in [-0.4, -0.2) is 77.3 Å². The molecular formula is C35H66N2O6S. The Hall–Kier alpha value is -0.870. The van der Waals surface area contributed by atoms with Gasteiger partial charge in [-0.1, -0.05) is 111 Å². The van der Waals surface area contributed by atoms with Crippen LogP contribution in [0, 0.1) is 11.8 Å². The van der Waals surface area contributed by atoms with Crippen LogP contribution in [0.2, 0.25) is 0 Å². The molecule has 0 aromatic carbocycles. The van der Waals surface area contributed by atoms with E-state index in [9.17, 15) is 19.8 Å². The zero-order valence-corrected chi connectivity index (χ0v) is 29.2. The van der Waals surface area contributed by atoms with Gasteiger partial charge in [-0.25, -0.2) is 0 Å². The molecule has 1 amide bonds. The molecule has 9 heteroatoms. The number of hydrogen-bond donors (Lipinski definition) is 4. The van der Waals surface area contributed by atoms with Crippen molar-refractivity contribution in [2.24, 2.45) is 11.8 Å². The summed E-state index contributed by atoms with van der Waals surface area (Å²) in [6, 6.07) is -0.151. The fourth-order valence-corrected chi connectivity index (χ4v) is 7.40. The Labute approximate surface area is 272 Å². The maximum Gasteiger partial charge on any atom is 0.306 e. The van der Waals surface area contributed by atoms with Crippen molar-refractivity contribution in [1.29, 1.82) is 0 Å². The summed E-state index contributed by atoms with van der Waals surface area (Å²) in [6.07, 6.45) is 19.2. The molecule has 2 aliphatic heterocycles. The number of carbonyl (C=O) groups is 2. The number of carbonyl (C=O) groups excluding carboxylic acids is 2. The molecule has 0 bridgehead atoms. The van der Waals surface area contributed by atoms with E-state index in [0.29, 0.717) is 25.3 Å². The van der Waals surface area contributed by atoms with E-state index >= 15 is 0 Å². The quantitative estimate of drug-likeness (QED) is 0.0737. The standard InChI is InChI=1S/C35H66N2O6S/c1-5-7-8-9-10-11-12-13-14-15-16-17-18-20-30(38)43-33-32(40)31(39)29(42-35(33)44-4)23-26(3)25-37-34(41)28-24-27(19-6-2)21-22-36-28/h26-29,31-33,35-36,39-40H,5-25H2,1-4H3,(H,37,41). The van der Waals surface area contributed by atoms with Gasteiger partial charge in [0.2, 0.25) is 5.91 Å². The monoisotopic (exact) mass is 642 g/mol. The van der Waals surface area contributed by atoms with E-state index in [1.54, 1.807) is 0 Å². The highest BCUT2D eigenvalue weighted by Crippen LogP contribution is 2.32. The van der Waals surface area contributed by atoms with Crippen LogP contribution in [0.25, 0.3) is 0 Å². The highest BCUT2D eigenvalue weighted by atomic mass is 32.2. The zero-order chi connectivity index (χ0) is 32.2. The molecule has 2 fully saturated rings. The number of ether oxygens (including phenoxy) is 2. The van der Waals surface area contributed by atoms with Gasteiger partial charge in [-0.15, -0.1) is 11.8 Å². The molecule has 0 aliphatic carbocycles. The van der Waals surface area contributed by atoms with Crippen LogP contribution in [0.15, 0.2) is 0 Å². The summed E-state index contributed by atoms with van der Waals surface area (Å²) in [4.78, 5) is 25.4. The third-order valence-corrected chi connectivity index (χ3v) is 10.3. The number of piperidine rings is 1. The average molecular weight is 643 g/mol. The zero-order valence-electron chi connectivity index (χ0n) is 28.4. The second kappa shape index (κ2) is 23.4. The number of aliphatic hydroxyl groups is 2. The molecular weight excluding hydrogens is 576 g/mol. The van der Waals surface area contributed by atoms with Crippen LogP contribution >= 0.6 is 11.8 Å². The van der Waals surface area contributed by atoms with Crippen molar-refractivity contribution in [2.75, 3.05) is 19.3 Å². The lowest BCUT2D eigenvalue weighted by atomic mass is 9.88. The van der Waals surface area contributed by atoms with Crippen molar-refractivity contribution in [3.05, 3.63) is 0 Å². The maximum atomic E-state index is 12.8. The van der Waals surface area contributed by atoms with Crippen molar-refractivity contribution in [3.63, 3.8) is 0 Å². The van der Waals surface area contributed by atoms with Crippen LogP contribution in [0.5, 0.6) is 0 Å². The van der Waals surface area contributed by atoms with Gasteiger partial charge in [0.25, 0.3) is 0 Å². The summed E-state index contributed by atoms with van der Waals surface area (Å²) in [7, 11) is 0. The summed E-state index contributed by atoms with van der Waals surface area (Å²) in [5.74, 6) is 0.318. The first-order valence-electron chi connectivity index (χ1n) is 18.1. The lowest BCUT2D eigenvalue weighted by molar-refractivity contribution is -0.216. The van der Waals surface area contributed by atoms with Gasteiger partial charge in [0.15, 0.2) is 6.10 Å². The fourth-order valence-electron chi connectivity index (χ4n) is 6.66. The predicted molar refractivity (Wildman–Crippen MR) is 181 cm³/mol. The van der Waals surface area contributed by atoms with Crippen molar-refractivity contribution < 1.29 is 29.3 Å². The van der Waals surface area contributed by atoms with E-state index in [-0.39, 0.29) is 23.8 Å². The third kappa shape index (κ3) is 15.1. The molecule has 44 heavy (non-hydrogen) atoms.